The molecule has 1 saturated carbocycles. The predicted molar refractivity (Wildman–Crippen MR) is 143 cm³/mol. The maximum absolute atomic E-state index is 13.7. The lowest BCUT2D eigenvalue weighted by molar-refractivity contribution is 0.0943. The van der Waals surface area contributed by atoms with Crippen molar-refractivity contribution in [2.24, 2.45) is 0 Å². The predicted octanol–water partition coefficient (Wildman–Crippen LogP) is 6.89. The van der Waals surface area contributed by atoms with Crippen LogP contribution in [0.5, 0.6) is 11.5 Å². The fraction of sp³-hybridized carbons (Fsp3) is 0.323. The number of nitrogens with zero attached hydrogens (tertiary/aromatic N) is 1. The number of fused-ring (bicyclic) bond motifs is 1. The molecular weight excluding hydrogens is 486 g/mol. The highest BCUT2D eigenvalue weighted by molar-refractivity contribution is 5.97. The van der Waals surface area contributed by atoms with E-state index in [2.05, 4.69) is 5.32 Å². The zero-order valence-corrected chi connectivity index (χ0v) is 21.6. The lowest BCUT2D eigenvalue weighted by atomic mass is 9.93. The smallest absolute Gasteiger partial charge is 0.268 e. The number of hydrogen-bond donors (Lipinski definition) is 2. The molecule has 5 nitrogen and oxygen atoms in total. The van der Waals surface area contributed by atoms with Gasteiger partial charge in [0, 0.05) is 12.6 Å². The molecule has 0 radical (unpaired) electrons. The van der Waals surface area contributed by atoms with Gasteiger partial charge in [-0.05, 0) is 72.4 Å². The number of carbonyl (C=O) groups is 1. The third kappa shape index (κ3) is 5.23. The van der Waals surface area contributed by atoms with Crippen molar-refractivity contribution in [3.05, 3.63) is 100 Å². The van der Waals surface area contributed by atoms with E-state index in [1.54, 1.807) is 10.6 Å². The molecule has 2 aromatic heterocycles. The van der Waals surface area contributed by atoms with E-state index < -0.39 is 11.6 Å². The Morgan fingerprint density at radius 3 is 2.47 bits per heavy atom. The number of hydrogen-bond acceptors (Lipinski definition) is 3. The zero-order valence-electron chi connectivity index (χ0n) is 21.6. The molecule has 4 aromatic rings. The molecule has 0 unspecified atom stereocenters. The van der Waals surface area contributed by atoms with E-state index in [0.717, 1.165) is 60.0 Å². The van der Waals surface area contributed by atoms with Gasteiger partial charge in [0.25, 0.3) is 5.91 Å². The summed E-state index contributed by atoms with van der Waals surface area (Å²) in [5, 5.41) is 13.8. The minimum absolute atomic E-state index is 0.000953. The van der Waals surface area contributed by atoms with E-state index in [0.29, 0.717) is 23.4 Å². The Morgan fingerprint density at radius 1 is 1.05 bits per heavy atom. The Morgan fingerprint density at radius 2 is 1.79 bits per heavy atom. The summed E-state index contributed by atoms with van der Waals surface area (Å²) < 4.78 is 35.0. The highest BCUT2D eigenvalue weighted by Crippen LogP contribution is 2.38. The standard InChI is InChI=1S/C31H32F2N2O3/c1-19(2)29-23(14-20-8-4-3-5-9-20)26-16-28(38-22-10-6-7-11-22)27(36)18-35(26)30(29)31(37)34-17-21-12-13-24(32)25(33)15-21/h3-5,8-9,12-13,15-16,18-19,22,36H,6-7,10-11,14,17H2,1-2H3,(H,34,37). The number of amides is 1. The maximum atomic E-state index is 13.7. The lowest BCUT2D eigenvalue weighted by Gasteiger charge is -2.15. The van der Waals surface area contributed by atoms with Crippen molar-refractivity contribution < 1.29 is 23.4 Å². The fourth-order valence-corrected chi connectivity index (χ4v) is 5.39. The van der Waals surface area contributed by atoms with Crippen molar-refractivity contribution >= 4 is 11.4 Å². The molecule has 0 atom stereocenters. The van der Waals surface area contributed by atoms with Crippen LogP contribution in [0.1, 0.15) is 78.2 Å². The number of nitrogens with one attached hydrogen (secondary N) is 1. The SMILES string of the molecule is CC(C)c1c(Cc2ccccc2)c2cc(OC3CCCC3)c(O)cn2c1C(=O)NCc1ccc(F)c(F)c1. The number of carbonyl (C=O) groups excluding carboxylic acids is 1. The van der Waals surface area contributed by atoms with Gasteiger partial charge in [-0.2, -0.15) is 0 Å². The number of ether oxygens (including phenoxy) is 1. The highest BCUT2D eigenvalue weighted by atomic mass is 19.2. The molecule has 2 aromatic carbocycles. The molecule has 7 heteroatoms. The molecule has 0 aliphatic heterocycles. The average molecular weight is 519 g/mol. The number of benzene rings is 2. The van der Waals surface area contributed by atoms with Crippen LogP contribution in [0.2, 0.25) is 0 Å². The van der Waals surface area contributed by atoms with E-state index in [1.165, 1.54) is 6.07 Å². The second-order valence-corrected chi connectivity index (χ2v) is 10.3. The van der Waals surface area contributed by atoms with Crippen LogP contribution >= 0.6 is 0 Å². The number of aromatic hydroxyl groups is 1. The van der Waals surface area contributed by atoms with Gasteiger partial charge in [0.1, 0.15) is 5.69 Å². The Hall–Kier alpha value is -3.87. The van der Waals surface area contributed by atoms with Gasteiger partial charge in [-0.25, -0.2) is 8.78 Å². The third-order valence-corrected chi connectivity index (χ3v) is 7.21. The normalized spacial score (nSPS) is 13.9. The van der Waals surface area contributed by atoms with E-state index in [-0.39, 0.29) is 30.2 Å². The lowest BCUT2D eigenvalue weighted by Crippen LogP contribution is -2.25. The van der Waals surface area contributed by atoms with Crippen molar-refractivity contribution in [1.29, 1.82) is 0 Å². The number of halogens is 2. The average Bonchev–Trinajstić information content (AvgIpc) is 3.52. The van der Waals surface area contributed by atoms with Crippen LogP contribution < -0.4 is 10.1 Å². The first-order valence-electron chi connectivity index (χ1n) is 13.1. The van der Waals surface area contributed by atoms with Crippen molar-refractivity contribution in [2.45, 2.75) is 64.5 Å². The molecule has 0 bridgehead atoms. The first kappa shape index (κ1) is 25.8. The first-order valence-corrected chi connectivity index (χ1v) is 13.1. The number of aromatic nitrogens is 1. The Kier molecular flexibility index (Phi) is 7.36. The third-order valence-electron chi connectivity index (χ3n) is 7.21. The van der Waals surface area contributed by atoms with Crippen LogP contribution in [0.25, 0.3) is 5.52 Å². The van der Waals surface area contributed by atoms with Crippen molar-refractivity contribution in [3.63, 3.8) is 0 Å². The van der Waals surface area contributed by atoms with Gasteiger partial charge in [-0.15, -0.1) is 0 Å². The first-order chi connectivity index (χ1) is 18.3. The van der Waals surface area contributed by atoms with Crippen LogP contribution in [0, 0.1) is 11.6 Å². The highest BCUT2D eigenvalue weighted by Gasteiger charge is 2.27. The van der Waals surface area contributed by atoms with Crippen LogP contribution in [-0.4, -0.2) is 21.5 Å². The Labute approximate surface area is 221 Å². The molecule has 2 N–H and O–H groups in total. The summed E-state index contributed by atoms with van der Waals surface area (Å²) in [6, 6.07) is 15.4. The maximum Gasteiger partial charge on any atom is 0.268 e. The topological polar surface area (TPSA) is 63.0 Å². The molecule has 38 heavy (non-hydrogen) atoms. The van der Waals surface area contributed by atoms with Gasteiger partial charge in [-0.3, -0.25) is 4.79 Å². The summed E-state index contributed by atoms with van der Waals surface area (Å²) in [6.07, 6.45) is 6.35. The molecule has 198 valence electrons. The summed E-state index contributed by atoms with van der Waals surface area (Å²) >= 11 is 0. The van der Waals surface area contributed by atoms with Crippen molar-refractivity contribution in [2.75, 3.05) is 0 Å². The van der Waals surface area contributed by atoms with Crippen LogP contribution in [-0.2, 0) is 13.0 Å². The number of rotatable bonds is 8. The van der Waals surface area contributed by atoms with Crippen molar-refractivity contribution in [1.82, 2.24) is 9.72 Å². The van der Waals surface area contributed by atoms with Crippen LogP contribution in [0.3, 0.4) is 0 Å². The minimum Gasteiger partial charge on any atom is -0.503 e. The minimum atomic E-state index is -0.961. The second-order valence-electron chi connectivity index (χ2n) is 10.3. The van der Waals surface area contributed by atoms with Crippen LogP contribution in [0.4, 0.5) is 8.78 Å². The molecule has 1 amide bonds. The number of pyridine rings is 1. The fourth-order valence-electron chi connectivity index (χ4n) is 5.39. The summed E-state index contributed by atoms with van der Waals surface area (Å²) in [7, 11) is 0. The molecule has 0 saturated heterocycles. The van der Waals surface area contributed by atoms with Crippen LogP contribution in [0.15, 0.2) is 60.8 Å². The van der Waals surface area contributed by atoms with E-state index in [4.69, 9.17) is 4.74 Å². The molecule has 1 fully saturated rings. The van der Waals surface area contributed by atoms with Gasteiger partial charge >= 0.3 is 0 Å². The molecule has 1 aliphatic rings. The summed E-state index contributed by atoms with van der Waals surface area (Å²) in [4.78, 5) is 13.6. The molecule has 2 heterocycles. The van der Waals surface area contributed by atoms with Gasteiger partial charge < -0.3 is 19.6 Å². The van der Waals surface area contributed by atoms with Gasteiger partial charge in [-0.1, -0.05) is 50.2 Å². The van der Waals surface area contributed by atoms with Gasteiger partial charge in [0.05, 0.1) is 17.8 Å². The second kappa shape index (κ2) is 10.9. The van der Waals surface area contributed by atoms with E-state index in [1.807, 2.05) is 50.2 Å². The van der Waals surface area contributed by atoms with Gasteiger partial charge in [0.2, 0.25) is 0 Å². The van der Waals surface area contributed by atoms with Gasteiger partial charge in [0.15, 0.2) is 23.1 Å². The molecule has 1 aliphatic carbocycles. The van der Waals surface area contributed by atoms with E-state index in [9.17, 15) is 18.7 Å². The summed E-state index contributed by atoms with van der Waals surface area (Å²) in [5.74, 6) is -1.87. The quantitative estimate of drug-likeness (QED) is 0.267. The van der Waals surface area contributed by atoms with Crippen molar-refractivity contribution in [3.8, 4) is 11.5 Å². The molecule has 5 rings (SSSR count). The summed E-state index contributed by atoms with van der Waals surface area (Å²) in [6.45, 7) is 4.10. The monoisotopic (exact) mass is 518 g/mol. The Bertz CT molecular complexity index is 1460. The molecular formula is C31H32F2N2O3. The summed E-state index contributed by atoms with van der Waals surface area (Å²) in [5.41, 5.74) is 4.60. The Balaban J connectivity index is 1.59. The molecule has 0 spiro atoms. The largest absolute Gasteiger partial charge is 0.503 e. The zero-order chi connectivity index (χ0) is 26.8. The van der Waals surface area contributed by atoms with E-state index >= 15 is 0 Å².